The van der Waals surface area contributed by atoms with Gasteiger partial charge in [-0.1, -0.05) is 27.2 Å². The first-order valence-corrected chi connectivity index (χ1v) is 5.40. The zero-order chi connectivity index (χ0) is 9.69. The molecule has 0 aromatic heterocycles. The van der Waals surface area contributed by atoms with Crippen LogP contribution >= 0.6 is 0 Å². The Bertz CT molecular complexity index is 214. The third-order valence-corrected chi connectivity index (χ3v) is 4.55. The minimum Gasteiger partial charge on any atom is -0.381 e. The lowest BCUT2D eigenvalue weighted by Gasteiger charge is -2.28. The van der Waals surface area contributed by atoms with Crippen LogP contribution in [-0.2, 0) is 0 Å². The number of aliphatic hydroxyl groups is 1. The Balaban J connectivity index is 2.15. The van der Waals surface area contributed by atoms with Crippen LogP contribution in [-0.4, -0.2) is 17.4 Å². The second kappa shape index (κ2) is 2.71. The van der Waals surface area contributed by atoms with E-state index in [0.29, 0.717) is 5.41 Å². The Morgan fingerprint density at radius 1 is 1.38 bits per heavy atom. The molecule has 2 aliphatic rings. The highest BCUT2D eigenvalue weighted by atomic mass is 16.3. The number of fused-ring (bicyclic) bond motifs is 1. The standard InChI is InChI=1S/C11H21NO/c1-8-4-5-9-10(2,3)11(9,6-8)12-7-13/h8-9,12-13H,4-7H2,1-3H3. The summed E-state index contributed by atoms with van der Waals surface area (Å²) in [4.78, 5) is 0. The van der Waals surface area contributed by atoms with Gasteiger partial charge in [-0.3, -0.25) is 5.32 Å². The first kappa shape index (κ1) is 9.47. The van der Waals surface area contributed by atoms with Gasteiger partial charge in [0.25, 0.3) is 0 Å². The maximum absolute atomic E-state index is 9.02. The summed E-state index contributed by atoms with van der Waals surface area (Å²) in [6.07, 6.45) is 3.94. The molecular weight excluding hydrogens is 162 g/mol. The summed E-state index contributed by atoms with van der Waals surface area (Å²) in [5.41, 5.74) is 0.667. The summed E-state index contributed by atoms with van der Waals surface area (Å²) in [5.74, 6) is 1.61. The molecule has 0 aromatic rings. The number of aliphatic hydroxyl groups excluding tert-OH is 1. The van der Waals surface area contributed by atoms with Crippen LogP contribution in [0.4, 0.5) is 0 Å². The summed E-state index contributed by atoms with van der Waals surface area (Å²) in [6.45, 7) is 7.12. The Labute approximate surface area is 80.7 Å². The van der Waals surface area contributed by atoms with Crippen LogP contribution in [0.15, 0.2) is 0 Å². The number of hydrogen-bond acceptors (Lipinski definition) is 2. The van der Waals surface area contributed by atoms with Crippen molar-refractivity contribution in [1.82, 2.24) is 5.32 Å². The van der Waals surface area contributed by atoms with Gasteiger partial charge in [0.2, 0.25) is 0 Å². The van der Waals surface area contributed by atoms with E-state index in [9.17, 15) is 0 Å². The monoisotopic (exact) mass is 183 g/mol. The molecule has 13 heavy (non-hydrogen) atoms. The first-order chi connectivity index (χ1) is 6.04. The smallest absolute Gasteiger partial charge is 0.0936 e. The van der Waals surface area contributed by atoms with E-state index in [1.807, 2.05) is 0 Å². The van der Waals surface area contributed by atoms with E-state index >= 15 is 0 Å². The third kappa shape index (κ3) is 1.08. The quantitative estimate of drug-likeness (QED) is 0.639. The van der Waals surface area contributed by atoms with Crippen LogP contribution in [0, 0.1) is 17.3 Å². The summed E-state index contributed by atoms with van der Waals surface area (Å²) in [7, 11) is 0. The summed E-state index contributed by atoms with van der Waals surface area (Å²) < 4.78 is 0. The predicted molar refractivity (Wildman–Crippen MR) is 53.2 cm³/mol. The van der Waals surface area contributed by atoms with E-state index in [4.69, 9.17) is 5.11 Å². The molecule has 2 fully saturated rings. The lowest BCUT2D eigenvalue weighted by atomic mass is 9.86. The van der Waals surface area contributed by atoms with Crippen molar-refractivity contribution in [3.8, 4) is 0 Å². The van der Waals surface area contributed by atoms with E-state index < -0.39 is 0 Å². The lowest BCUT2D eigenvalue weighted by Crippen LogP contribution is -2.40. The van der Waals surface area contributed by atoms with Gasteiger partial charge in [0, 0.05) is 5.54 Å². The lowest BCUT2D eigenvalue weighted by molar-refractivity contribution is 0.186. The minimum absolute atomic E-state index is 0.132. The number of hydrogen-bond donors (Lipinski definition) is 2. The van der Waals surface area contributed by atoms with Gasteiger partial charge in [0.1, 0.15) is 0 Å². The van der Waals surface area contributed by atoms with Crippen molar-refractivity contribution in [3.05, 3.63) is 0 Å². The second-order valence-corrected chi connectivity index (χ2v) is 5.47. The maximum atomic E-state index is 9.02. The fourth-order valence-corrected chi connectivity index (χ4v) is 3.65. The molecule has 2 saturated carbocycles. The largest absolute Gasteiger partial charge is 0.381 e. The van der Waals surface area contributed by atoms with Crippen molar-refractivity contribution < 1.29 is 5.11 Å². The second-order valence-electron chi connectivity index (χ2n) is 5.47. The molecule has 0 spiro atoms. The molecule has 0 amide bonds. The SMILES string of the molecule is CC1CCC2C(C)(C)C2(NCO)C1. The molecular formula is C11H21NO. The normalized spacial score (nSPS) is 47.1. The zero-order valence-corrected chi connectivity index (χ0v) is 8.93. The topological polar surface area (TPSA) is 32.3 Å². The van der Waals surface area contributed by atoms with Crippen LogP contribution in [0.2, 0.25) is 0 Å². The van der Waals surface area contributed by atoms with Crippen LogP contribution in [0.3, 0.4) is 0 Å². The van der Waals surface area contributed by atoms with Crippen LogP contribution < -0.4 is 5.32 Å². The average Bonchev–Trinajstić information content (AvgIpc) is 2.48. The summed E-state index contributed by atoms with van der Waals surface area (Å²) in [5, 5.41) is 12.3. The molecule has 2 nitrogen and oxygen atoms in total. The van der Waals surface area contributed by atoms with Gasteiger partial charge in [-0.15, -0.1) is 0 Å². The van der Waals surface area contributed by atoms with Gasteiger partial charge in [0.05, 0.1) is 6.73 Å². The molecule has 76 valence electrons. The Morgan fingerprint density at radius 3 is 2.69 bits per heavy atom. The number of nitrogens with one attached hydrogen (secondary N) is 1. The molecule has 2 rings (SSSR count). The van der Waals surface area contributed by atoms with Crippen molar-refractivity contribution in [2.45, 2.75) is 45.6 Å². The number of rotatable bonds is 2. The molecule has 0 aromatic carbocycles. The van der Waals surface area contributed by atoms with Gasteiger partial charge in [-0.05, 0) is 30.1 Å². The minimum atomic E-state index is 0.132. The van der Waals surface area contributed by atoms with Crippen LogP contribution in [0.25, 0.3) is 0 Å². The van der Waals surface area contributed by atoms with Crippen molar-refractivity contribution in [2.75, 3.05) is 6.73 Å². The summed E-state index contributed by atoms with van der Waals surface area (Å²) >= 11 is 0. The van der Waals surface area contributed by atoms with Gasteiger partial charge < -0.3 is 5.11 Å². The Morgan fingerprint density at radius 2 is 2.08 bits per heavy atom. The van der Waals surface area contributed by atoms with E-state index in [2.05, 4.69) is 26.1 Å². The molecule has 0 saturated heterocycles. The van der Waals surface area contributed by atoms with Crippen molar-refractivity contribution in [2.24, 2.45) is 17.3 Å². The van der Waals surface area contributed by atoms with Gasteiger partial charge >= 0.3 is 0 Å². The zero-order valence-electron chi connectivity index (χ0n) is 8.93. The van der Waals surface area contributed by atoms with Crippen molar-refractivity contribution in [1.29, 1.82) is 0 Å². The predicted octanol–water partition coefficient (Wildman–Crippen LogP) is 1.74. The highest BCUT2D eigenvalue weighted by Gasteiger charge is 2.71. The molecule has 0 aliphatic heterocycles. The average molecular weight is 183 g/mol. The van der Waals surface area contributed by atoms with Gasteiger partial charge in [0.15, 0.2) is 0 Å². The van der Waals surface area contributed by atoms with E-state index in [1.54, 1.807) is 0 Å². The first-order valence-electron chi connectivity index (χ1n) is 5.40. The molecule has 0 heterocycles. The van der Waals surface area contributed by atoms with E-state index in [1.165, 1.54) is 19.3 Å². The molecule has 3 unspecified atom stereocenters. The van der Waals surface area contributed by atoms with Crippen LogP contribution in [0.1, 0.15) is 40.0 Å². The van der Waals surface area contributed by atoms with Crippen LogP contribution in [0.5, 0.6) is 0 Å². The van der Waals surface area contributed by atoms with Gasteiger partial charge in [-0.25, -0.2) is 0 Å². The van der Waals surface area contributed by atoms with E-state index in [-0.39, 0.29) is 12.3 Å². The molecule has 2 heteroatoms. The molecule has 2 N–H and O–H groups in total. The third-order valence-electron chi connectivity index (χ3n) is 4.55. The van der Waals surface area contributed by atoms with Crippen molar-refractivity contribution in [3.63, 3.8) is 0 Å². The fraction of sp³-hybridized carbons (Fsp3) is 1.00. The fourth-order valence-electron chi connectivity index (χ4n) is 3.65. The maximum Gasteiger partial charge on any atom is 0.0936 e. The highest BCUT2D eigenvalue weighted by molar-refractivity contribution is 5.25. The Kier molecular flexibility index (Phi) is 1.97. The van der Waals surface area contributed by atoms with E-state index in [0.717, 1.165) is 11.8 Å². The molecule has 3 atom stereocenters. The molecule has 0 bridgehead atoms. The Hall–Kier alpha value is -0.0800. The molecule has 0 radical (unpaired) electrons. The highest BCUT2D eigenvalue weighted by Crippen LogP contribution is 2.68. The van der Waals surface area contributed by atoms with Crippen molar-refractivity contribution >= 4 is 0 Å². The van der Waals surface area contributed by atoms with Gasteiger partial charge in [-0.2, -0.15) is 0 Å². The molecule has 2 aliphatic carbocycles. The summed E-state index contributed by atoms with van der Waals surface area (Å²) in [6, 6.07) is 0.